The maximum absolute atomic E-state index is 12.5. The number of benzene rings is 2. The first kappa shape index (κ1) is 13.2. The lowest BCUT2D eigenvalue weighted by Crippen LogP contribution is -2.08. The second kappa shape index (κ2) is 4.64. The number of carbonyl (C=O) groups is 1. The Balaban J connectivity index is 2.58. The number of aromatic carboxylic acids is 1. The lowest BCUT2D eigenvalue weighted by Gasteiger charge is -2.04. The minimum atomic E-state index is -1.36. The fourth-order valence-electron chi connectivity index (χ4n) is 2.19. The van der Waals surface area contributed by atoms with Gasteiger partial charge in [0, 0.05) is 26.9 Å². The van der Waals surface area contributed by atoms with Gasteiger partial charge in [-0.2, -0.15) is 0 Å². The van der Waals surface area contributed by atoms with Crippen molar-refractivity contribution in [2.45, 2.75) is 0 Å². The summed E-state index contributed by atoms with van der Waals surface area (Å²) in [4.78, 5) is 34.0. The maximum atomic E-state index is 12.5. The molecule has 2 aromatic carbocycles. The summed E-state index contributed by atoms with van der Waals surface area (Å²) in [6, 6.07) is 8.93. The van der Waals surface area contributed by atoms with Crippen LogP contribution in [0.1, 0.15) is 10.4 Å². The molecule has 0 aliphatic carbocycles. The zero-order chi connectivity index (χ0) is 15.1. The summed E-state index contributed by atoms with van der Waals surface area (Å²) in [5, 5.41) is 20.6. The highest BCUT2D eigenvalue weighted by molar-refractivity contribution is 7.24. The molecule has 3 aromatic rings. The smallest absolute Gasteiger partial charge is 0.336 e. The zero-order valence-corrected chi connectivity index (χ0v) is 11.2. The number of nitrogens with zero attached hydrogens (tertiary/aromatic N) is 1. The van der Waals surface area contributed by atoms with E-state index in [1.54, 1.807) is 24.3 Å². The maximum Gasteiger partial charge on any atom is 0.336 e. The summed E-state index contributed by atoms with van der Waals surface area (Å²) in [6.45, 7) is 0. The molecule has 0 saturated carbocycles. The predicted octanol–water partition coefficient (Wildman–Crippen LogP) is 3.02. The number of nitro groups is 1. The highest BCUT2D eigenvalue weighted by Gasteiger charge is 2.20. The van der Waals surface area contributed by atoms with Gasteiger partial charge in [0.2, 0.25) is 0 Å². The SMILES string of the molecule is O=C(O)c1cc([N+](=O)[O-])cc2sc3ccccc3c(=O)c12. The lowest BCUT2D eigenvalue weighted by molar-refractivity contribution is -0.384. The lowest BCUT2D eigenvalue weighted by atomic mass is 10.1. The van der Waals surface area contributed by atoms with Crippen LogP contribution in [0, 0.1) is 10.1 Å². The first-order valence-electron chi connectivity index (χ1n) is 5.86. The van der Waals surface area contributed by atoms with E-state index in [4.69, 9.17) is 0 Å². The van der Waals surface area contributed by atoms with Crippen LogP contribution in [0.5, 0.6) is 0 Å². The van der Waals surface area contributed by atoms with Crippen molar-refractivity contribution in [3.05, 3.63) is 62.3 Å². The molecule has 0 amide bonds. The number of fused-ring (bicyclic) bond motifs is 2. The van der Waals surface area contributed by atoms with E-state index in [-0.39, 0.29) is 16.6 Å². The second-order valence-electron chi connectivity index (χ2n) is 4.36. The second-order valence-corrected chi connectivity index (χ2v) is 5.44. The molecule has 6 nitrogen and oxygen atoms in total. The Kier molecular flexibility index (Phi) is 2.91. The number of rotatable bonds is 2. The normalized spacial score (nSPS) is 10.9. The average molecular weight is 301 g/mol. The third-order valence-corrected chi connectivity index (χ3v) is 4.22. The van der Waals surface area contributed by atoms with E-state index in [9.17, 15) is 24.8 Å². The molecule has 104 valence electrons. The molecular formula is C14H7NO5S. The zero-order valence-electron chi connectivity index (χ0n) is 10.4. The molecule has 0 atom stereocenters. The molecule has 1 aromatic heterocycles. The van der Waals surface area contributed by atoms with Gasteiger partial charge >= 0.3 is 5.97 Å². The van der Waals surface area contributed by atoms with Crippen molar-refractivity contribution in [2.24, 2.45) is 0 Å². The molecule has 0 bridgehead atoms. The molecule has 1 heterocycles. The topological polar surface area (TPSA) is 97.5 Å². The van der Waals surface area contributed by atoms with Crippen LogP contribution in [-0.4, -0.2) is 16.0 Å². The third kappa shape index (κ3) is 2.03. The van der Waals surface area contributed by atoms with Crippen LogP contribution in [0.25, 0.3) is 20.2 Å². The molecule has 0 aliphatic heterocycles. The molecule has 0 unspecified atom stereocenters. The fraction of sp³-hybridized carbons (Fsp3) is 0. The van der Waals surface area contributed by atoms with Crippen LogP contribution in [0.2, 0.25) is 0 Å². The Bertz CT molecular complexity index is 976. The van der Waals surface area contributed by atoms with Crippen molar-refractivity contribution >= 4 is 43.2 Å². The molecule has 0 radical (unpaired) electrons. The van der Waals surface area contributed by atoms with E-state index in [1.807, 2.05) is 0 Å². The molecule has 1 N–H and O–H groups in total. The summed E-state index contributed by atoms with van der Waals surface area (Å²) in [6.07, 6.45) is 0. The van der Waals surface area contributed by atoms with Gasteiger partial charge in [-0.05, 0) is 12.1 Å². The Morgan fingerprint density at radius 2 is 1.90 bits per heavy atom. The van der Waals surface area contributed by atoms with Crippen molar-refractivity contribution in [2.75, 3.05) is 0 Å². The van der Waals surface area contributed by atoms with Crippen LogP contribution < -0.4 is 5.43 Å². The summed E-state index contributed by atoms with van der Waals surface area (Å²) in [5.74, 6) is -1.36. The molecule has 0 fully saturated rings. The largest absolute Gasteiger partial charge is 0.478 e. The highest BCUT2D eigenvalue weighted by Crippen LogP contribution is 2.30. The number of hydrogen-bond donors (Lipinski definition) is 1. The van der Waals surface area contributed by atoms with E-state index in [1.165, 1.54) is 6.07 Å². The number of hydrogen-bond acceptors (Lipinski definition) is 5. The predicted molar refractivity (Wildman–Crippen MR) is 79.2 cm³/mol. The van der Waals surface area contributed by atoms with Gasteiger partial charge in [-0.25, -0.2) is 4.79 Å². The molecular weight excluding hydrogens is 294 g/mol. The monoisotopic (exact) mass is 301 g/mol. The molecule has 3 rings (SSSR count). The van der Waals surface area contributed by atoms with Crippen LogP contribution in [0.3, 0.4) is 0 Å². The standard InChI is InChI=1S/C14H7NO5S/c16-13-8-3-1-2-4-10(8)21-11-6-7(15(19)20)5-9(12(11)13)14(17)18/h1-6H,(H,17,18). The van der Waals surface area contributed by atoms with Crippen LogP contribution >= 0.6 is 11.3 Å². The van der Waals surface area contributed by atoms with Gasteiger partial charge in [0.05, 0.1) is 15.9 Å². The number of non-ortho nitro benzene ring substituents is 1. The van der Waals surface area contributed by atoms with Crippen molar-refractivity contribution in [3.8, 4) is 0 Å². The fourth-order valence-corrected chi connectivity index (χ4v) is 3.32. The number of carboxylic acids is 1. The minimum absolute atomic E-state index is 0.0109. The first-order chi connectivity index (χ1) is 9.99. The Morgan fingerprint density at radius 3 is 2.57 bits per heavy atom. The van der Waals surface area contributed by atoms with Gasteiger partial charge in [-0.3, -0.25) is 14.9 Å². The molecule has 0 saturated heterocycles. The summed E-state index contributed by atoms with van der Waals surface area (Å²) in [5.41, 5.74) is -1.11. The number of carboxylic acid groups (broad SMARTS) is 1. The average Bonchev–Trinajstić information content (AvgIpc) is 2.46. The highest BCUT2D eigenvalue weighted by atomic mass is 32.1. The molecule has 0 spiro atoms. The summed E-state index contributed by atoms with van der Waals surface area (Å²) < 4.78 is 0.956. The van der Waals surface area contributed by atoms with Crippen LogP contribution in [0.15, 0.2) is 41.2 Å². The Labute approximate surface area is 121 Å². The van der Waals surface area contributed by atoms with Gasteiger partial charge < -0.3 is 5.11 Å². The molecule has 21 heavy (non-hydrogen) atoms. The quantitative estimate of drug-likeness (QED) is 0.445. The van der Waals surface area contributed by atoms with Crippen molar-refractivity contribution < 1.29 is 14.8 Å². The van der Waals surface area contributed by atoms with E-state index in [0.717, 1.165) is 17.4 Å². The van der Waals surface area contributed by atoms with Crippen LogP contribution in [0.4, 0.5) is 5.69 Å². The van der Waals surface area contributed by atoms with Gasteiger partial charge in [-0.1, -0.05) is 12.1 Å². The van der Waals surface area contributed by atoms with Gasteiger partial charge in [0.1, 0.15) is 0 Å². The Morgan fingerprint density at radius 1 is 1.19 bits per heavy atom. The number of nitro benzene ring substituents is 1. The minimum Gasteiger partial charge on any atom is -0.478 e. The van der Waals surface area contributed by atoms with E-state index < -0.39 is 16.3 Å². The van der Waals surface area contributed by atoms with Crippen LogP contribution in [-0.2, 0) is 0 Å². The van der Waals surface area contributed by atoms with Gasteiger partial charge in [0.25, 0.3) is 5.69 Å². The van der Waals surface area contributed by atoms with Crippen molar-refractivity contribution in [3.63, 3.8) is 0 Å². The molecule has 7 heteroatoms. The summed E-state index contributed by atoms with van der Waals surface area (Å²) >= 11 is 1.16. The van der Waals surface area contributed by atoms with Crippen molar-refractivity contribution in [1.29, 1.82) is 0 Å². The van der Waals surface area contributed by atoms with Gasteiger partial charge in [-0.15, -0.1) is 11.3 Å². The first-order valence-corrected chi connectivity index (χ1v) is 6.68. The van der Waals surface area contributed by atoms with Crippen molar-refractivity contribution in [1.82, 2.24) is 0 Å². The third-order valence-electron chi connectivity index (χ3n) is 3.11. The van der Waals surface area contributed by atoms with E-state index >= 15 is 0 Å². The molecule has 0 aliphatic rings. The van der Waals surface area contributed by atoms with E-state index in [0.29, 0.717) is 14.8 Å². The Hall–Kier alpha value is -2.80. The summed E-state index contributed by atoms with van der Waals surface area (Å²) in [7, 11) is 0. The van der Waals surface area contributed by atoms with E-state index in [2.05, 4.69) is 0 Å². The van der Waals surface area contributed by atoms with Gasteiger partial charge in [0.15, 0.2) is 5.43 Å².